The molecule has 0 saturated carbocycles. The molecule has 2 aliphatic rings. The second-order valence-electron chi connectivity index (χ2n) is 8.04. The van der Waals surface area contributed by atoms with E-state index in [9.17, 15) is 5.11 Å². The summed E-state index contributed by atoms with van der Waals surface area (Å²) in [7, 11) is 0. The van der Waals surface area contributed by atoms with Crippen molar-refractivity contribution in [1.82, 2.24) is 19.7 Å². The largest absolute Gasteiger partial charge is 0.396 e. The van der Waals surface area contributed by atoms with E-state index in [-0.39, 0.29) is 6.61 Å². The summed E-state index contributed by atoms with van der Waals surface area (Å²) >= 11 is 1.84. The van der Waals surface area contributed by atoms with Crippen molar-refractivity contribution in [2.24, 2.45) is 0 Å². The smallest absolute Gasteiger partial charge is 0.0543 e. The molecule has 6 heteroatoms. The Balaban J connectivity index is 1.28. The predicted octanol–water partition coefficient (Wildman–Crippen LogP) is 2.68. The first-order chi connectivity index (χ1) is 13.8. The molecule has 0 amide bonds. The third kappa shape index (κ3) is 5.19. The van der Waals surface area contributed by atoms with Gasteiger partial charge in [0.15, 0.2) is 0 Å². The third-order valence-electron chi connectivity index (χ3n) is 6.22. The molecule has 0 bridgehead atoms. The highest BCUT2D eigenvalue weighted by Crippen LogP contribution is 2.24. The van der Waals surface area contributed by atoms with Gasteiger partial charge >= 0.3 is 0 Å². The lowest BCUT2D eigenvalue weighted by atomic mass is 9.99. The van der Waals surface area contributed by atoms with Crippen LogP contribution in [-0.4, -0.2) is 76.2 Å². The van der Waals surface area contributed by atoms with Crippen LogP contribution in [-0.2, 0) is 13.1 Å². The Morgan fingerprint density at radius 3 is 2.64 bits per heavy atom. The normalized spacial score (nSPS) is 23.2. The zero-order valence-corrected chi connectivity index (χ0v) is 17.4. The number of thiophene rings is 1. The molecule has 2 aromatic rings. The Morgan fingerprint density at radius 1 is 1.04 bits per heavy atom. The Labute approximate surface area is 172 Å². The van der Waals surface area contributed by atoms with Crippen LogP contribution < -0.4 is 0 Å². The second-order valence-corrected chi connectivity index (χ2v) is 9.07. The summed E-state index contributed by atoms with van der Waals surface area (Å²) in [6.45, 7) is 7.93. The van der Waals surface area contributed by atoms with E-state index < -0.39 is 0 Å². The average Bonchev–Trinajstić information content (AvgIpc) is 3.24. The maximum absolute atomic E-state index is 9.58. The predicted molar refractivity (Wildman–Crippen MR) is 114 cm³/mol. The van der Waals surface area contributed by atoms with Gasteiger partial charge in [0.25, 0.3) is 0 Å². The third-order valence-corrected chi connectivity index (χ3v) is 7.08. The number of piperazine rings is 1. The molecule has 4 heterocycles. The van der Waals surface area contributed by atoms with Gasteiger partial charge in [0.2, 0.25) is 0 Å². The van der Waals surface area contributed by atoms with Crippen molar-refractivity contribution in [2.75, 3.05) is 39.3 Å². The van der Waals surface area contributed by atoms with Crippen molar-refractivity contribution in [2.45, 2.75) is 44.4 Å². The van der Waals surface area contributed by atoms with Crippen molar-refractivity contribution in [3.8, 4) is 0 Å². The molecule has 2 saturated heterocycles. The number of likely N-dealkylation sites (tertiary alicyclic amines) is 1. The van der Waals surface area contributed by atoms with Crippen LogP contribution in [0.15, 0.2) is 41.9 Å². The molecular formula is C22H32N4OS. The minimum absolute atomic E-state index is 0.280. The van der Waals surface area contributed by atoms with Gasteiger partial charge in [-0.05, 0) is 42.8 Å². The number of hydrogen-bond acceptors (Lipinski definition) is 6. The first kappa shape index (κ1) is 20.0. The highest BCUT2D eigenvalue weighted by atomic mass is 32.1. The highest BCUT2D eigenvalue weighted by molar-refractivity contribution is 7.09. The summed E-state index contributed by atoms with van der Waals surface area (Å²) in [4.78, 5) is 13.7. The zero-order chi connectivity index (χ0) is 19.2. The second kappa shape index (κ2) is 9.94. The fourth-order valence-corrected chi connectivity index (χ4v) is 5.38. The van der Waals surface area contributed by atoms with E-state index >= 15 is 0 Å². The van der Waals surface area contributed by atoms with Crippen LogP contribution in [0, 0.1) is 0 Å². The molecule has 0 spiro atoms. The van der Waals surface area contributed by atoms with Gasteiger partial charge in [-0.15, -0.1) is 11.3 Å². The molecule has 2 fully saturated rings. The Hall–Kier alpha value is -1.31. The topological polar surface area (TPSA) is 42.8 Å². The molecular weight excluding hydrogens is 368 g/mol. The lowest BCUT2D eigenvalue weighted by Gasteiger charge is -2.46. The maximum atomic E-state index is 9.58. The summed E-state index contributed by atoms with van der Waals surface area (Å²) in [6, 6.07) is 11.7. The fourth-order valence-electron chi connectivity index (χ4n) is 4.65. The van der Waals surface area contributed by atoms with E-state index in [1.807, 2.05) is 23.6 Å². The van der Waals surface area contributed by atoms with Gasteiger partial charge in [-0.2, -0.15) is 0 Å². The fraction of sp³-hybridized carbons (Fsp3) is 0.591. The van der Waals surface area contributed by atoms with Crippen LogP contribution in [0.4, 0.5) is 0 Å². The molecule has 4 rings (SSSR count). The summed E-state index contributed by atoms with van der Waals surface area (Å²) in [5.41, 5.74) is 1.17. The van der Waals surface area contributed by atoms with Gasteiger partial charge in [-0.3, -0.25) is 19.7 Å². The van der Waals surface area contributed by atoms with E-state index in [2.05, 4.69) is 49.3 Å². The monoisotopic (exact) mass is 400 g/mol. The van der Waals surface area contributed by atoms with E-state index in [0.29, 0.717) is 12.1 Å². The van der Waals surface area contributed by atoms with Gasteiger partial charge < -0.3 is 5.11 Å². The number of aliphatic hydroxyl groups is 1. The van der Waals surface area contributed by atoms with Crippen LogP contribution in [0.1, 0.15) is 29.8 Å². The maximum Gasteiger partial charge on any atom is 0.0543 e. The van der Waals surface area contributed by atoms with Crippen molar-refractivity contribution in [1.29, 1.82) is 0 Å². The molecule has 152 valence electrons. The van der Waals surface area contributed by atoms with Crippen molar-refractivity contribution in [3.05, 3.63) is 52.5 Å². The lowest BCUT2D eigenvalue weighted by Crippen LogP contribution is -2.57. The van der Waals surface area contributed by atoms with Crippen molar-refractivity contribution < 1.29 is 5.11 Å². The van der Waals surface area contributed by atoms with Crippen LogP contribution in [0.3, 0.4) is 0 Å². The molecule has 2 aromatic heterocycles. The minimum Gasteiger partial charge on any atom is -0.396 e. The first-order valence-corrected chi connectivity index (χ1v) is 11.4. The first-order valence-electron chi connectivity index (χ1n) is 10.6. The molecule has 5 nitrogen and oxygen atoms in total. The quantitative estimate of drug-likeness (QED) is 0.774. The molecule has 0 aromatic carbocycles. The van der Waals surface area contributed by atoms with Crippen molar-refractivity contribution in [3.63, 3.8) is 0 Å². The van der Waals surface area contributed by atoms with Gasteiger partial charge in [-0.1, -0.05) is 12.1 Å². The molecule has 1 atom stereocenters. The SMILES string of the molecule is OCC[C@@H]1CN(C2CCN(Cc3ccccn3)CC2)CCN1Cc1cccs1. The van der Waals surface area contributed by atoms with E-state index in [0.717, 1.165) is 52.2 Å². The Kier molecular flexibility index (Phi) is 7.09. The number of aromatic nitrogens is 1. The molecule has 0 radical (unpaired) electrons. The van der Waals surface area contributed by atoms with Crippen molar-refractivity contribution >= 4 is 11.3 Å². The summed E-state index contributed by atoms with van der Waals surface area (Å²) < 4.78 is 0. The Morgan fingerprint density at radius 2 is 1.93 bits per heavy atom. The Bertz CT molecular complexity index is 688. The van der Waals surface area contributed by atoms with Crippen LogP contribution in [0.25, 0.3) is 0 Å². The molecule has 0 aliphatic carbocycles. The summed E-state index contributed by atoms with van der Waals surface area (Å²) in [5.74, 6) is 0. The highest BCUT2D eigenvalue weighted by Gasteiger charge is 2.32. The van der Waals surface area contributed by atoms with Gasteiger partial charge in [0, 0.05) is 75.6 Å². The summed E-state index contributed by atoms with van der Waals surface area (Å²) in [6.07, 6.45) is 5.24. The van der Waals surface area contributed by atoms with E-state index in [1.165, 1.54) is 23.4 Å². The van der Waals surface area contributed by atoms with Gasteiger partial charge in [-0.25, -0.2) is 0 Å². The number of piperidine rings is 1. The number of hydrogen-bond donors (Lipinski definition) is 1. The van der Waals surface area contributed by atoms with Crippen LogP contribution >= 0.6 is 11.3 Å². The zero-order valence-electron chi connectivity index (χ0n) is 16.6. The average molecular weight is 401 g/mol. The molecule has 28 heavy (non-hydrogen) atoms. The summed E-state index contributed by atoms with van der Waals surface area (Å²) in [5, 5.41) is 11.7. The standard InChI is InChI=1S/C22H32N4OS/c27-14-8-21-17-25(12-13-26(21)18-22-5-3-15-28-22)20-6-10-24(11-7-20)16-19-4-1-2-9-23-19/h1-5,9,15,20-21,27H,6-8,10-14,16-18H2/t21-/m1/s1. The minimum atomic E-state index is 0.280. The molecule has 1 N–H and O–H groups in total. The van der Waals surface area contributed by atoms with E-state index in [1.54, 1.807) is 0 Å². The lowest BCUT2D eigenvalue weighted by molar-refractivity contribution is 0.0126. The van der Waals surface area contributed by atoms with Gasteiger partial charge in [0.05, 0.1) is 5.69 Å². The molecule has 2 aliphatic heterocycles. The van der Waals surface area contributed by atoms with Gasteiger partial charge in [0.1, 0.15) is 0 Å². The number of nitrogens with zero attached hydrogens (tertiary/aromatic N) is 4. The van der Waals surface area contributed by atoms with E-state index in [4.69, 9.17) is 0 Å². The van der Waals surface area contributed by atoms with Crippen LogP contribution in [0.5, 0.6) is 0 Å². The number of rotatable bonds is 7. The molecule has 0 unspecified atom stereocenters. The number of pyridine rings is 1. The van der Waals surface area contributed by atoms with Crippen LogP contribution in [0.2, 0.25) is 0 Å². The number of aliphatic hydroxyl groups excluding tert-OH is 1.